The third-order valence-corrected chi connectivity index (χ3v) is 2.20. The molecule has 3 heteroatoms. The van der Waals surface area contributed by atoms with Crippen molar-refractivity contribution in [3.8, 4) is 0 Å². The molecule has 0 radical (unpaired) electrons. The molecule has 3 nitrogen and oxygen atoms in total. The van der Waals surface area contributed by atoms with Gasteiger partial charge in [0.15, 0.2) is 0 Å². The molecule has 1 rings (SSSR count). The van der Waals surface area contributed by atoms with Crippen molar-refractivity contribution in [3.05, 3.63) is 12.7 Å². The number of hydrogen-bond donors (Lipinski definition) is 1. The summed E-state index contributed by atoms with van der Waals surface area (Å²) in [6.45, 7) is 8.53. The predicted molar refractivity (Wildman–Crippen MR) is 48.1 cm³/mol. The standard InChI is InChI=1S/C9H17NO2/c1-3-8(2)10-4-5-12-7-9(11)6-10/h3,8-9,11H,1,4-7H2,2H3. The Morgan fingerprint density at radius 2 is 2.50 bits per heavy atom. The quantitative estimate of drug-likeness (QED) is 0.605. The van der Waals surface area contributed by atoms with E-state index in [1.54, 1.807) is 0 Å². The van der Waals surface area contributed by atoms with Crippen LogP contribution in [0.2, 0.25) is 0 Å². The first-order valence-corrected chi connectivity index (χ1v) is 4.36. The number of hydrogen-bond acceptors (Lipinski definition) is 3. The highest BCUT2D eigenvalue weighted by Gasteiger charge is 2.18. The Morgan fingerprint density at radius 1 is 1.75 bits per heavy atom. The van der Waals surface area contributed by atoms with Gasteiger partial charge in [-0.05, 0) is 6.92 Å². The summed E-state index contributed by atoms with van der Waals surface area (Å²) in [6.07, 6.45) is 1.53. The monoisotopic (exact) mass is 171 g/mol. The van der Waals surface area contributed by atoms with Crippen molar-refractivity contribution in [3.63, 3.8) is 0 Å². The van der Waals surface area contributed by atoms with E-state index in [2.05, 4.69) is 18.4 Å². The number of aliphatic hydroxyl groups is 1. The number of aliphatic hydroxyl groups excluding tert-OH is 1. The molecule has 0 amide bonds. The van der Waals surface area contributed by atoms with Crippen molar-refractivity contribution >= 4 is 0 Å². The normalized spacial score (nSPS) is 29.3. The summed E-state index contributed by atoms with van der Waals surface area (Å²) in [6, 6.07) is 0.321. The van der Waals surface area contributed by atoms with Crippen LogP contribution >= 0.6 is 0 Å². The Morgan fingerprint density at radius 3 is 3.17 bits per heavy atom. The van der Waals surface area contributed by atoms with Crippen molar-refractivity contribution in [1.82, 2.24) is 4.90 Å². The van der Waals surface area contributed by atoms with Crippen molar-refractivity contribution < 1.29 is 9.84 Å². The van der Waals surface area contributed by atoms with E-state index in [0.717, 1.165) is 6.54 Å². The molecule has 0 saturated carbocycles. The van der Waals surface area contributed by atoms with Crippen molar-refractivity contribution in [2.45, 2.75) is 19.1 Å². The molecule has 1 aliphatic heterocycles. The lowest BCUT2D eigenvalue weighted by atomic mass is 10.2. The summed E-state index contributed by atoms with van der Waals surface area (Å²) in [5.74, 6) is 0. The van der Waals surface area contributed by atoms with E-state index in [-0.39, 0.29) is 6.10 Å². The van der Waals surface area contributed by atoms with Crippen LogP contribution in [0.4, 0.5) is 0 Å². The van der Waals surface area contributed by atoms with Gasteiger partial charge in [-0.25, -0.2) is 0 Å². The van der Waals surface area contributed by atoms with Gasteiger partial charge in [0, 0.05) is 19.1 Å². The van der Waals surface area contributed by atoms with Crippen LogP contribution in [0.25, 0.3) is 0 Å². The fourth-order valence-corrected chi connectivity index (χ4v) is 1.33. The smallest absolute Gasteiger partial charge is 0.0900 e. The molecular formula is C9H17NO2. The highest BCUT2D eigenvalue weighted by Crippen LogP contribution is 2.05. The maximum absolute atomic E-state index is 9.40. The van der Waals surface area contributed by atoms with Gasteiger partial charge in [0.05, 0.1) is 19.3 Å². The van der Waals surface area contributed by atoms with Gasteiger partial charge in [0.1, 0.15) is 0 Å². The van der Waals surface area contributed by atoms with Crippen LogP contribution in [0.5, 0.6) is 0 Å². The zero-order valence-electron chi connectivity index (χ0n) is 7.57. The summed E-state index contributed by atoms with van der Waals surface area (Å²) in [5, 5.41) is 9.40. The van der Waals surface area contributed by atoms with Crippen molar-refractivity contribution in [1.29, 1.82) is 0 Å². The maximum atomic E-state index is 9.40. The fraction of sp³-hybridized carbons (Fsp3) is 0.778. The van der Waals surface area contributed by atoms with E-state index >= 15 is 0 Å². The molecule has 1 heterocycles. The highest BCUT2D eigenvalue weighted by atomic mass is 16.5. The summed E-state index contributed by atoms with van der Waals surface area (Å²) in [4.78, 5) is 2.17. The molecule has 0 aromatic carbocycles. The van der Waals surface area contributed by atoms with E-state index in [1.165, 1.54) is 0 Å². The Labute approximate surface area is 73.6 Å². The molecule has 1 aliphatic rings. The van der Waals surface area contributed by atoms with Gasteiger partial charge >= 0.3 is 0 Å². The molecule has 0 spiro atoms. The first-order valence-electron chi connectivity index (χ1n) is 4.36. The first-order chi connectivity index (χ1) is 5.74. The summed E-state index contributed by atoms with van der Waals surface area (Å²) >= 11 is 0. The van der Waals surface area contributed by atoms with Crippen LogP contribution in [0, 0.1) is 0 Å². The maximum Gasteiger partial charge on any atom is 0.0900 e. The van der Waals surface area contributed by atoms with Gasteiger partial charge in [-0.1, -0.05) is 6.08 Å². The van der Waals surface area contributed by atoms with Gasteiger partial charge in [0.2, 0.25) is 0 Å². The Balaban J connectivity index is 2.45. The summed E-state index contributed by atoms with van der Waals surface area (Å²) < 4.78 is 5.21. The average molecular weight is 171 g/mol. The number of ether oxygens (including phenoxy) is 1. The number of nitrogens with zero attached hydrogens (tertiary/aromatic N) is 1. The molecule has 0 aromatic rings. The molecule has 12 heavy (non-hydrogen) atoms. The Bertz CT molecular complexity index is 149. The minimum absolute atomic E-state index is 0.321. The lowest BCUT2D eigenvalue weighted by Gasteiger charge is -2.25. The van der Waals surface area contributed by atoms with Crippen LogP contribution in [-0.2, 0) is 4.74 Å². The molecule has 1 N–H and O–H groups in total. The van der Waals surface area contributed by atoms with Crippen LogP contribution in [0.15, 0.2) is 12.7 Å². The molecule has 1 saturated heterocycles. The second kappa shape index (κ2) is 4.60. The minimum atomic E-state index is -0.352. The van der Waals surface area contributed by atoms with Crippen molar-refractivity contribution in [2.24, 2.45) is 0 Å². The third kappa shape index (κ3) is 2.59. The zero-order valence-corrected chi connectivity index (χ0v) is 7.57. The topological polar surface area (TPSA) is 32.7 Å². The fourth-order valence-electron chi connectivity index (χ4n) is 1.33. The molecule has 2 atom stereocenters. The van der Waals surface area contributed by atoms with E-state index in [1.807, 2.05) is 6.08 Å². The summed E-state index contributed by atoms with van der Waals surface area (Å²) in [5.41, 5.74) is 0. The Hall–Kier alpha value is -0.380. The molecule has 0 aromatic heterocycles. The highest BCUT2D eigenvalue weighted by molar-refractivity contribution is 4.85. The SMILES string of the molecule is C=CC(C)N1CCOCC(O)C1. The largest absolute Gasteiger partial charge is 0.389 e. The molecule has 0 aliphatic carbocycles. The average Bonchev–Trinajstić information content (AvgIpc) is 2.28. The van der Waals surface area contributed by atoms with Gasteiger partial charge in [-0.15, -0.1) is 6.58 Å². The van der Waals surface area contributed by atoms with Crippen LogP contribution in [0.1, 0.15) is 6.92 Å². The second-order valence-corrected chi connectivity index (χ2v) is 3.20. The van der Waals surface area contributed by atoms with Crippen molar-refractivity contribution in [2.75, 3.05) is 26.3 Å². The second-order valence-electron chi connectivity index (χ2n) is 3.20. The third-order valence-electron chi connectivity index (χ3n) is 2.20. The van der Waals surface area contributed by atoms with Gasteiger partial charge in [-0.2, -0.15) is 0 Å². The van der Waals surface area contributed by atoms with Crippen LogP contribution in [-0.4, -0.2) is 48.5 Å². The molecule has 70 valence electrons. The number of β-amino-alcohol motifs (C(OH)–C–C–N with tert-alkyl or cyclic N) is 1. The van der Waals surface area contributed by atoms with Gasteiger partial charge in [0.25, 0.3) is 0 Å². The lowest BCUT2D eigenvalue weighted by molar-refractivity contribution is 0.0557. The molecular weight excluding hydrogens is 154 g/mol. The van der Waals surface area contributed by atoms with E-state index in [4.69, 9.17) is 4.74 Å². The first kappa shape index (κ1) is 9.71. The molecule has 0 bridgehead atoms. The lowest BCUT2D eigenvalue weighted by Crippen LogP contribution is -2.38. The van der Waals surface area contributed by atoms with Gasteiger partial charge in [-0.3, -0.25) is 4.90 Å². The number of rotatable bonds is 2. The molecule has 2 unspecified atom stereocenters. The van der Waals surface area contributed by atoms with Gasteiger partial charge < -0.3 is 9.84 Å². The van der Waals surface area contributed by atoms with E-state index < -0.39 is 0 Å². The summed E-state index contributed by atoms with van der Waals surface area (Å²) in [7, 11) is 0. The van der Waals surface area contributed by atoms with Crippen LogP contribution in [0.3, 0.4) is 0 Å². The minimum Gasteiger partial charge on any atom is -0.389 e. The predicted octanol–water partition coefficient (Wildman–Crippen LogP) is 0.254. The van der Waals surface area contributed by atoms with E-state index in [0.29, 0.717) is 25.8 Å². The zero-order chi connectivity index (χ0) is 8.97. The molecule has 1 fully saturated rings. The van der Waals surface area contributed by atoms with Crippen LogP contribution < -0.4 is 0 Å². The Kier molecular flexibility index (Phi) is 3.72. The van der Waals surface area contributed by atoms with E-state index in [9.17, 15) is 5.11 Å².